The summed E-state index contributed by atoms with van der Waals surface area (Å²) < 4.78 is 105. The number of carbonyl (C=O) groups is 1. The topological polar surface area (TPSA) is 63.7 Å². The molecule has 3 aliphatic carbocycles. The lowest BCUT2D eigenvalue weighted by Gasteiger charge is -2.57. The van der Waals surface area contributed by atoms with E-state index in [9.17, 15) is 39.6 Å². The summed E-state index contributed by atoms with van der Waals surface area (Å²) in [5, 5.41) is 0. The summed E-state index contributed by atoms with van der Waals surface area (Å²) in [4.78, 5) is 12.9. The smallest absolute Gasteiger partial charge is 0.380 e. The number of likely N-dealkylation sites (tertiary alicyclic amines) is 1. The van der Waals surface area contributed by atoms with Gasteiger partial charge in [0.15, 0.2) is 0 Å². The maximum Gasteiger partial charge on any atom is 0.534 e. The molecule has 6 atom stereocenters. The lowest BCUT2D eigenvalue weighted by atomic mass is 9.49. The Labute approximate surface area is 182 Å². The molecule has 182 valence electrons. The Bertz CT molecular complexity index is 945. The Morgan fingerprint density at radius 2 is 1.72 bits per heavy atom. The molecule has 4 rings (SSSR count). The highest BCUT2D eigenvalue weighted by atomic mass is 32.2. The molecule has 5 nitrogen and oxygen atoms in total. The van der Waals surface area contributed by atoms with Gasteiger partial charge in [0.2, 0.25) is 0 Å². The normalized spacial score (nSPS) is 39.8. The van der Waals surface area contributed by atoms with Crippen molar-refractivity contribution in [1.29, 1.82) is 0 Å². The van der Waals surface area contributed by atoms with Gasteiger partial charge >= 0.3 is 27.7 Å². The lowest BCUT2D eigenvalue weighted by Crippen LogP contribution is -2.56. The van der Waals surface area contributed by atoms with E-state index in [0.29, 0.717) is 38.5 Å². The number of hydrogen-bond acceptors (Lipinski definition) is 4. The highest BCUT2D eigenvalue weighted by Crippen LogP contribution is 2.65. The molecule has 6 unspecified atom stereocenters. The molecule has 3 fully saturated rings. The van der Waals surface area contributed by atoms with Crippen molar-refractivity contribution in [3.05, 3.63) is 11.8 Å². The number of amides is 1. The first-order chi connectivity index (χ1) is 14.5. The summed E-state index contributed by atoms with van der Waals surface area (Å²) >= 11 is 0. The molecule has 32 heavy (non-hydrogen) atoms. The van der Waals surface area contributed by atoms with Crippen molar-refractivity contribution in [3.8, 4) is 0 Å². The minimum absolute atomic E-state index is 0.00174. The molecule has 0 N–H and O–H groups in total. The van der Waals surface area contributed by atoms with Gasteiger partial charge in [0.1, 0.15) is 5.76 Å². The number of allylic oxidation sites excluding steroid dienone is 2. The van der Waals surface area contributed by atoms with E-state index in [0.717, 1.165) is 4.90 Å². The fourth-order valence-electron chi connectivity index (χ4n) is 7.05. The van der Waals surface area contributed by atoms with Gasteiger partial charge in [0, 0.05) is 18.0 Å². The van der Waals surface area contributed by atoms with Crippen molar-refractivity contribution < 1.29 is 43.7 Å². The molecule has 1 aliphatic heterocycles. The molecule has 0 radical (unpaired) electrons. The van der Waals surface area contributed by atoms with Gasteiger partial charge in [-0.1, -0.05) is 13.8 Å². The molecule has 1 amide bonds. The van der Waals surface area contributed by atoms with E-state index >= 15 is 0 Å². The third-order valence-electron chi connectivity index (χ3n) is 8.58. The molecule has 12 heteroatoms. The van der Waals surface area contributed by atoms with Gasteiger partial charge in [-0.3, -0.25) is 4.79 Å². The second kappa shape index (κ2) is 7.02. The van der Waals surface area contributed by atoms with E-state index in [-0.39, 0.29) is 30.1 Å². The number of hydrogen-bond donors (Lipinski definition) is 0. The number of halogens is 6. The van der Waals surface area contributed by atoms with Gasteiger partial charge < -0.3 is 9.08 Å². The van der Waals surface area contributed by atoms with Crippen LogP contribution < -0.4 is 0 Å². The van der Waals surface area contributed by atoms with Crippen molar-refractivity contribution in [2.75, 3.05) is 6.54 Å². The molecule has 0 bridgehead atoms. The van der Waals surface area contributed by atoms with Crippen LogP contribution in [-0.4, -0.2) is 43.5 Å². The van der Waals surface area contributed by atoms with Crippen LogP contribution in [-0.2, 0) is 19.1 Å². The number of alkyl halides is 6. The zero-order valence-corrected chi connectivity index (χ0v) is 18.4. The molecular weight excluding hydrogens is 464 g/mol. The van der Waals surface area contributed by atoms with Crippen LogP contribution in [0.5, 0.6) is 0 Å². The minimum Gasteiger partial charge on any atom is -0.380 e. The van der Waals surface area contributed by atoms with Crippen LogP contribution >= 0.6 is 0 Å². The number of nitrogens with zero attached hydrogens (tertiary/aromatic N) is 1. The summed E-state index contributed by atoms with van der Waals surface area (Å²) in [5.41, 5.74) is -6.93. The summed E-state index contributed by atoms with van der Waals surface area (Å²) in [6, 6.07) is -0.530. The largest absolute Gasteiger partial charge is 0.534 e. The maximum absolute atomic E-state index is 13.1. The van der Waals surface area contributed by atoms with Gasteiger partial charge in [-0.25, -0.2) is 0 Å². The second-order valence-electron chi connectivity index (χ2n) is 9.97. The Balaban J connectivity index is 1.56. The second-order valence-corrected chi connectivity index (χ2v) is 11.5. The monoisotopic (exact) mass is 489 g/mol. The van der Waals surface area contributed by atoms with E-state index in [4.69, 9.17) is 0 Å². The molecule has 2 saturated carbocycles. The van der Waals surface area contributed by atoms with Crippen LogP contribution in [0.1, 0.15) is 52.4 Å². The van der Waals surface area contributed by atoms with Crippen LogP contribution in [0.15, 0.2) is 11.8 Å². The fourth-order valence-corrected chi connectivity index (χ4v) is 7.63. The first-order valence-electron chi connectivity index (χ1n) is 10.6. The van der Waals surface area contributed by atoms with Gasteiger partial charge in [0.05, 0.1) is 0 Å². The predicted octanol–water partition coefficient (Wildman–Crippen LogP) is 4.75. The Hall–Kier alpha value is -1.46. The highest BCUT2D eigenvalue weighted by Gasteiger charge is 2.63. The van der Waals surface area contributed by atoms with E-state index in [1.54, 1.807) is 6.92 Å². The van der Waals surface area contributed by atoms with E-state index in [1.165, 1.54) is 6.08 Å². The molecule has 1 heterocycles. The van der Waals surface area contributed by atoms with E-state index < -0.39 is 44.6 Å². The predicted molar refractivity (Wildman–Crippen MR) is 100 cm³/mol. The number of fused-ring (bicyclic) bond motifs is 5. The number of carbonyl (C=O) groups excluding carboxylic acids is 1. The van der Waals surface area contributed by atoms with Crippen LogP contribution in [0.3, 0.4) is 0 Å². The zero-order valence-electron chi connectivity index (χ0n) is 17.6. The zero-order chi connectivity index (χ0) is 23.9. The molecule has 0 aromatic heterocycles. The molecule has 0 spiro atoms. The summed E-state index contributed by atoms with van der Waals surface area (Å²) in [7, 11) is -5.78. The average molecular weight is 489 g/mol. The van der Waals surface area contributed by atoms with Crippen molar-refractivity contribution in [2.45, 2.75) is 70.1 Å². The molecule has 4 aliphatic rings. The summed E-state index contributed by atoms with van der Waals surface area (Å²) in [6.45, 7) is 3.65. The summed E-state index contributed by atoms with van der Waals surface area (Å²) in [6.07, 6.45) is -0.935. The van der Waals surface area contributed by atoms with Crippen LogP contribution in [0.25, 0.3) is 0 Å². The standard InChI is InChI=1S/C20H25F6NO4S/c1-17-9-10-27(16(28)19(21,22)23)14(17)5-3-11-12-4-6-15(18(12,2)8-7-13(11)17)31-32(29,30)20(24,25)26/h6,11-14H,3-5,7-10H2,1-2H3. The maximum atomic E-state index is 13.1. The minimum atomic E-state index is -5.78. The Kier molecular flexibility index (Phi) is 5.20. The average Bonchev–Trinajstić information content (AvgIpc) is 3.16. The van der Waals surface area contributed by atoms with Gasteiger partial charge in [-0.15, -0.1) is 0 Å². The highest BCUT2D eigenvalue weighted by molar-refractivity contribution is 7.87. The van der Waals surface area contributed by atoms with E-state index in [1.807, 2.05) is 6.92 Å². The third-order valence-corrected chi connectivity index (χ3v) is 9.55. The van der Waals surface area contributed by atoms with Crippen LogP contribution in [0.2, 0.25) is 0 Å². The molecule has 0 aromatic carbocycles. The Morgan fingerprint density at radius 1 is 1.06 bits per heavy atom. The summed E-state index contributed by atoms with van der Waals surface area (Å²) in [5.74, 6) is -2.17. The van der Waals surface area contributed by atoms with Gasteiger partial charge in [0.25, 0.3) is 0 Å². The first kappa shape index (κ1) is 23.7. The third kappa shape index (κ3) is 3.34. The Morgan fingerprint density at radius 3 is 2.31 bits per heavy atom. The van der Waals surface area contributed by atoms with Gasteiger partial charge in [-0.05, 0) is 67.8 Å². The van der Waals surface area contributed by atoms with Crippen LogP contribution in [0, 0.1) is 28.6 Å². The van der Waals surface area contributed by atoms with Gasteiger partial charge in [-0.2, -0.15) is 34.8 Å². The van der Waals surface area contributed by atoms with E-state index in [2.05, 4.69) is 4.18 Å². The van der Waals surface area contributed by atoms with Crippen molar-refractivity contribution >= 4 is 16.0 Å². The SMILES string of the molecule is CC12CCC3C(CCC4N(C(=O)C(F)(F)F)CCC34C)C1CC=C2OS(=O)(=O)C(F)(F)F. The molecule has 1 saturated heterocycles. The lowest BCUT2D eigenvalue weighted by molar-refractivity contribution is -0.189. The van der Waals surface area contributed by atoms with Crippen molar-refractivity contribution in [3.63, 3.8) is 0 Å². The first-order valence-corrected chi connectivity index (χ1v) is 12.0. The molecule has 0 aromatic rings. The quantitative estimate of drug-likeness (QED) is 0.319. The van der Waals surface area contributed by atoms with Crippen molar-refractivity contribution in [1.82, 2.24) is 4.90 Å². The van der Waals surface area contributed by atoms with Crippen LogP contribution in [0.4, 0.5) is 26.3 Å². The fraction of sp³-hybridized carbons (Fsp3) is 0.850. The molecular formula is C20H25F6NO4S. The van der Waals surface area contributed by atoms with Crippen molar-refractivity contribution in [2.24, 2.45) is 28.6 Å². The number of rotatable bonds is 2.